The summed E-state index contributed by atoms with van der Waals surface area (Å²) < 4.78 is 5.54. The zero-order valence-electron chi connectivity index (χ0n) is 22.1. The summed E-state index contributed by atoms with van der Waals surface area (Å²) in [7, 11) is 0. The summed E-state index contributed by atoms with van der Waals surface area (Å²) in [5.41, 5.74) is 0.529. The first-order chi connectivity index (χ1) is 20.0. The van der Waals surface area contributed by atoms with Crippen molar-refractivity contribution in [3.63, 3.8) is 0 Å². The smallest absolute Gasteiger partial charge is 0.340 e. The maximum Gasteiger partial charge on any atom is 0.340 e. The van der Waals surface area contributed by atoms with Gasteiger partial charge < -0.3 is 9.64 Å². The Morgan fingerprint density at radius 2 is 1.12 bits per heavy atom. The summed E-state index contributed by atoms with van der Waals surface area (Å²) in [5, 5.41) is 0. The number of ether oxygens (including phenoxy) is 1. The Bertz CT molecular complexity index is 1610. The first-order valence-corrected chi connectivity index (χ1v) is 13.6. The predicted molar refractivity (Wildman–Crippen MR) is 162 cm³/mol. The topological polar surface area (TPSA) is 70.2 Å². The normalized spacial score (nSPS) is 15.1. The van der Waals surface area contributed by atoms with Gasteiger partial charge in [-0.2, -0.15) is 0 Å². The van der Waals surface area contributed by atoms with Crippen molar-refractivity contribution in [2.24, 2.45) is 0 Å². The Labute approximate surface area is 242 Å². The molecule has 0 aromatic heterocycles. The Balaban J connectivity index is 1.67. The zero-order chi connectivity index (χ0) is 28.6. The van der Waals surface area contributed by atoms with Crippen LogP contribution in [0.4, 0.5) is 17.1 Å². The molecule has 2 amide bonds. The SMILES string of the molecule is CCOC(=O)C1=CN(c2ccccc2)C(=S)C12N(C(=O)c1ccccc1)c1ccccc1N2C(=O)c1ccccc1. The highest BCUT2D eigenvalue weighted by Crippen LogP contribution is 2.53. The third-order valence-corrected chi connectivity index (χ3v) is 7.62. The van der Waals surface area contributed by atoms with E-state index in [1.165, 1.54) is 9.80 Å². The second-order valence-corrected chi connectivity index (χ2v) is 9.83. The number of carbonyl (C=O) groups excluding carboxylic acids is 3. The van der Waals surface area contributed by atoms with Crippen LogP contribution in [0.3, 0.4) is 0 Å². The number of hydrogen-bond acceptors (Lipinski definition) is 5. The van der Waals surface area contributed by atoms with E-state index in [1.807, 2.05) is 42.5 Å². The van der Waals surface area contributed by atoms with Crippen molar-refractivity contribution in [3.8, 4) is 0 Å². The van der Waals surface area contributed by atoms with E-state index in [9.17, 15) is 14.4 Å². The molecule has 2 aliphatic heterocycles. The average Bonchev–Trinajstić information content (AvgIpc) is 3.49. The van der Waals surface area contributed by atoms with Crippen molar-refractivity contribution in [2.75, 3.05) is 21.3 Å². The number of esters is 1. The van der Waals surface area contributed by atoms with Gasteiger partial charge in [-0.15, -0.1) is 0 Å². The van der Waals surface area contributed by atoms with Crippen molar-refractivity contribution in [1.82, 2.24) is 0 Å². The molecule has 0 fully saturated rings. The molecular formula is C33H25N3O4S. The van der Waals surface area contributed by atoms with Gasteiger partial charge in [-0.3, -0.25) is 19.4 Å². The minimum atomic E-state index is -1.83. The van der Waals surface area contributed by atoms with Gasteiger partial charge in [-0.25, -0.2) is 4.79 Å². The lowest BCUT2D eigenvalue weighted by Crippen LogP contribution is -2.67. The minimum absolute atomic E-state index is 0.0537. The van der Waals surface area contributed by atoms with Crippen LogP contribution in [0, 0.1) is 0 Å². The molecule has 2 heterocycles. The van der Waals surface area contributed by atoms with Crippen LogP contribution in [0.1, 0.15) is 27.6 Å². The molecule has 0 unspecified atom stereocenters. The first-order valence-electron chi connectivity index (χ1n) is 13.2. The van der Waals surface area contributed by atoms with E-state index in [0.717, 1.165) is 0 Å². The van der Waals surface area contributed by atoms with E-state index in [-0.39, 0.29) is 17.2 Å². The van der Waals surface area contributed by atoms with E-state index in [1.54, 1.807) is 90.8 Å². The highest BCUT2D eigenvalue weighted by molar-refractivity contribution is 7.81. The van der Waals surface area contributed by atoms with Gasteiger partial charge in [0.2, 0.25) is 5.66 Å². The van der Waals surface area contributed by atoms with Crippen LogP contribution >= 0.6 is 12.2 Å². The number of nitrogens with zero attached hydrogens (tertiary/aromatic N) is 3. The lowest BCUT2D eigenvalue weighted by atomic mass is 9.97. The van der Waals surface area contributed by atoms with Crippen molar-refractivity contribution < 1.29 is 19.1 Å². The molecule has 2 aliphatic rings. The van der Waals surface area contributed by atoms with Crippen molar-refractivity contribution in [3.05, 3.63) is 138 Å². The van der Waals surface area contributed by atoms with Gasteiger partial charge in [-0.05, 0) is 55.5 Å². The minimum Gasteiger partial charge on any atom is -0.462 e. The van der Waals surface area contributed by atoms with E-state index < -0.39 is 23.4 Å². The van der Waals surface area contributed by atoms with Gasteiger partial charge in [0.05, 0.1) is 18.0 Å². The van der Waals surface area contributed by atoms with Crippen molar-refractivity contribution >= 4 is 52.1 Å². The van der Waals surface area contributed by atoms with Crippen LogP contribution in [0.25, 0.3) is 0 Å². The molecule has 0 bridgehead atoms. The number of anilines is 3. The molecule has 0 aliphatic carbocycles. The van der Waals surface area contributed by atoms with Crippen LogP contribution < -0.4 is 14.7 Å². The predicted octanol–water partition coefficient (Wildman–Crippen LogP) is 5.98. The summed E-state index contributed by atoms with van der Waals surface area (Å²) in [6.45, 7) is 1.80. The van der Waals surface area contributed by atoms with Crippen LogP contribution in [0.2, 0.25) is 0 Å². The molecule has 202 valence electrons. The van der Waals surface area contributed by atoms with E-state index in [2.05, 4.69) is 0 Å². The maximum atomic E-state index is 14.5. The van der Waals surface area contributed by atoms with Gasteiger partial charge in [0.1, 0.15) is 10.6 Å². The molecule has 0 radical (unpaired) electrons. The largest absolute Gasteiger partial charge is 0.462 e. The lowest BCUT2D eigenvalue weighted by molar-refractivity contribution is -0.138. The molecule has 0 atom stereocenters. The summed E-state index contributed by atoms with van der Waals surface area (Å²) in [6, 6.07) is 33.8. The molecule has 41 heavy (non-hydrogen) atoms. The third kappa shape index (κ3) is 4.03. The molecule has 6 rings (SSSR count). The first kappa shape index (κ1) is 26.2. The average molecular weight is 560 g/mol. The summed E-state index contributed by atoms with van der Waals surface area (Å²) >= 11 is 6.19. The Morgan fingerprint density at radius 3 is 1.59 bits per heavy atom. The standard InChI is InChI=1S/C33H25N3O4S/c1-2-40-31(39)26-22-34(25-18-10-5-11-19-25)32(41)33(26)35(29(37)23-14-6-3-7-15-23)27-20-12-13-21-28(27)36(33)30(38)24-16-8-4-9-17-24/h3-22H,2H2,1H3. The molecule has 0 saturated heterocycles. The summed E-state index contributed by atoms with van der Waals surface area (Å²) in [4.78, 5) is 47.6. The fraction of sp³-hybridized carbons (Fsp3) is 0.0909. The second-order valence-electron chi connectivity index (χ2n) is 9.45. The fourth-order valence-electron chi connectivity index (χ4n) is 5.40. The Kier molecular flexibility index (Phi) is 6.69. The monoisotopic (exact) mass is 559 g/mol. The number of benzene rings is 4. The highest BCUT2D eigenvalue weighted by atomic mass is 32.1. The molecule has 1 spiro atoms. The number of para-hydroxylation sites is 3. The zero-order valence-corrected chi connectivity index (χ0v) is 23.0. The van der Waals surface area contributed by atoms with Gasteiger partial charge >= 0.3 is 5.97 Å². The Hall–Kier alpha value is -5.08. The fourth-order valence-corrected chi connectivity index (χ4v) is 5.85. The van der Waals surface area contributed by atoms with Crippen LogP contribution in [0.15, 0.2) is 127 Å². The number of rotatable bonds is 5. The van der Waals surface area contributed by atoms with Crippen molar-refractivity contribution in [1.29, 1.82) is 0 Å². The molecular weight excluding hydrogens is 534 g/mol. The van der Waals surface area contributed by atoms with Gasteiger partial charge in [-0.1, -0.05) is 78.9 Å². The number of amides is 2. The third-order valence-electron chi connectivity index (χ3n) is 7.14. The molecule has 7 nitrogen and oxygen atoms in total. The van der Waals surface area contributed by atoms with Crippen LogP contribution in [0.5, 0.6) is 0 Å². The quantitative estimate of drug-likeness (QED) is 0.221. The molecule has 0 saturated carbocycles. The number of hydrogen-bond donors (Lipinski definition) is 0. The molecule has 4 aromatic rings. The van der Waals surface area contributed by atoms with E-state index in [0.29, 0.717) is 28.2 Å². The van der Waals surface area contributed by atoms with Crippen LogP contribution in [-0.2, 0) is 9.53 Å². The lowest BCUT2D eigenvalue weighted by Gasteiger charge is -2.42. The maximum absolute atomic E-state index is 14.5. The van der Waals surface area contributed by atoms with Crippen molar-refractivity contribution in [2.45, 2.75) is 12.6 Å². The van der Waals surface area contributed by atoms with Gasteiger partial charge in [0.25, 0.3) is 11.8 Å². The highest BCUT2D eigenvalue weighted by Gasteiger charge is 2.65. The number of fused-ring (bicyclic) bond motifs is 1. The number of thiocarbonyl (C=S) groups is 1. The van der Waals surface area contributed by atoms with Gasteiger partial charge in [0, 0.05) is 23.0 Å². The second kappa shape index (κ2) is 10.5. The number of carbonyl (C=O) groups is 3. The molecule has 0 N–H and O–H groups in total. The van der Waals surface area contributed by atoms with Gasteiger partial charge in [0.15, 0.2) is 0 Å². The molecule has 8 heteroatoms. The van der Waals surface area contributed by atoms with E-state index >= 15 is 0 Å². The van der Waals surface area contributed by atoms with E-state index in [4.69, 9.17) is 17.0 Å². The summed E-state index contributed by atoms with van der Waals surface area (Å²) in [6.07, 6.45) is 1.58. The Morgan fingerprint density at radius 1 is 0.683 bits per heavy atom. The molecule has 4 aromatic carbocycles. The summed E-state index contributed by atoms with van der Waals surface area (Å²) in [5.74, 6) is -1.53. The van der Waals surface area contributed by atoms with Crippen LogP contribution in [-0.4, -0.2) is 35.0 Å².